The maximum absolute atomic E-state index is 11.3. The first-order chi connectivity index (χ1) is 10.0. The van der Waals surface area contributed by atoms with E-state index in [1.54, 1.807) is 0 Å². The Morgan fingerprint density at radius 1 is 1.52 bits per heavy atom. The molecule has 0 atom stereocenters. The van der Waals surface area contributed by atoms with E-state index in [-0.39, 0.29) is 23.0 Å². The van der Waals surface area contributed by atoms with Crippen LogP contribution in [0.1, 0.15) is 23.8 Å². The Balaban J connectivity index is 2.51. The van der Waals surface area contributed by atoms with Crippen molar-refractivity contribution in [3.05, 3.63) is 34.4 Å². The van der Waals surface area contributed by atoms with Crippen molar-refractivity contribution in [3.8, 4) is 5.82 Å². The first kappa shape index (κ1) is 14.4. The van der Waals surface area contributed by atoms with Crippen LogP contribution in [0.3, 0.4) is 0 Å². The third-order valence-corrected chi connectivity index (χ3v) is 2.59. The van der Waals surface area contributed by atoms with Crippen molar-refractivity contribution >= 4 is 17.4 Å². The number of primary amides is 1. The standard InChI is InChI=1S/C11H13N7O3/c1-2-4-13-10-8(18(20)21)11(15-6-14-10)17-5-3-7(16-17)9(12)19/h3,5-6H,2,4H2,1H3,(H2,12,19)(H,13,14,15). The number of nitrogens with two attached hydrogens (primary N) is 1. The molecule has 110 valence electrons. The minimum atomic E-state index is -0.727. The van der Waals surface area contributed by atoms with Gasteiger partial charge in [0.25, 0.3) is 5.91 Å². The van der Waals surface area contributed by atoms with Crippen LogP contribution in [0, 0.1) is 10.1 Å². The van der Waals surface area contributed by atoms with Crippen molar-refractivity contribution in [1.29, 1.82) is 0 Å². The van der Waals surface area contributed by atoms with Crippen LogP contribution in [-0.4, -0.2) is 37.1 Å². The van der Waals surface area contributed by atoms with Gasteiger partial charge in [-0.2, -0.15) is 5.10 Å². The molecule has 3 N–H and O–H groups in total. The zero-order chi connectivity index (χ0) is 15.4. The number of hydrogen-bond donors (Lipinski definition) is 2. The number of aromatic nitrogens is 4. The molecule has 0 fully saturated rings. The highest BCUT2D eigenvalue weighted by molar-refractivity contribution is 5.90. The first-order valence-electron chi connectivity index (χ1n) is 6.13. The van der Waals surface area contributed by atoms with Crippen LogP contribution in [0.15, 0.2) is 18.6 Å². The molecule has 2 aromatic heterocycles. The average molecular weight is 291 g/mol. The van der Waals surface area contributed by atoms with Crippen LogP contribution in [-0.2, 0) is 0 Å². The number of rotatable bonds is 6. The Hall–Kier alpha value is -3.04. The smallest absolute Gasteiger partial charge is 0.355 e. The number of carbonyl (C=O) groups excluding carboxylic acids is 1. The number of carbonyl (C=O) groups is 1. The van der Waals surface area contributed by atoms with Gasteiger partial charge < -0.3 is 11.1 Å². The fourth-order valence-electron chi connectivity index (χ4n) is 1.65. The molecular weight excluding hydrogens is 278 g/mol. The Morgan fingerprint density at radius 2 is 2.29 bits per heavy atom. The molecule has 2 heterocycles. The molecule has 0 radical (unpaired) electrons. The Labute approximate surface area is 119 Å². The quantitative estimate of drug-likeness (QED) is 0.582. The molecule has 0 saturated heterocycles. The maximum Gasteiger partial charge on any atom is 0.355 e. The van der Waals surface area contributed by atoms with Gasteiger partial charge in [0.15, 0.2) is 0 Å². The van der Waals surface area contributed by atoms with Crippen molar-refractivity contribution in [3.63, 3.8) is 0 Å². The van der Waals surface area contributed by atoms with Crippen molar-refractivity contribution in [2.45, 2.75) is 13.3 Å². The van der Waals surface area contributed by atoms with Crippen LogP contribution in [0.25, 0.3) is 5.82 Å². The van der Waals surface area contributed by atoms with Gasteiger partial charge in [0, 0.05) is 12.7 Å². The minimum absolute atomic E-state index is 0.00835. The van der Waals surface area contributed by atoms with Crippen LogP contribution in [0.4, 0.5) is 11.5 Å². The van der Waals surface area contributed by atoms with E-state index in [9.17, 15) is 14.9 Å². The van der Waals surface area contributed by atoms with E-state index >= 15 is 0 Å². The lowest BCUT2D eigenvalue weighted by Gasteiger charge is -2.07. The van der Waals surface area contributed by atoms with E-state index in [1.165, 1.54) is 18.6 Å². The zero-order valence-electron chi connectivity index (χ0n) is 11.2. The highest BCUT2D eigenvalue weighted by atomic mass is 16.6. The monoisotopic (exact) mass is 291 g/mol. The van der Waals surface area contributed by atoms with Gasteiger partial charge in [0.1, 0.15) is 12.0 Å². The van der Waals surface area contributed by atoms with E-state index in [0.717, 1.165) is 11.1 Å². The predicted octanol–water partition coefficient (Wildman–Crippen LogP) is 0.491. The number of hydrogen-bond acceptors (Lipinski definition) is 7. The summed E-state index contributed by atoms with van der Waals surface area (Å²) in [6.07, 6.45) is 3.34. The van der Waals surface area contributed by atoms with Gasteiger partial charge in [-0.25, -0.2) is 14.6 Å². The molecule has 2 aromatic rings. The zero-order valence-corrected chi connectivity index (χ0v) is 11.2. The summed E-state index contributed by atoms with van der Waals surface area (Å²) in [7, 11) is 0. The summed E-state index contributed by atoms with van der Waals surface area (Å²) in [6.45, 7) is 2.45. The van der Waals surface area contributed by atoms with Gasteiger partial charge in [-0.15, -0.1) is 0 Å². The minimum Gasteiger partial charge on any atom is -0.364 e. The van der Waals surface area contributed by atoms with E-state index in [0.29, 0.717) is 6.54 Å². The molecule has 0 aliphatic heterocycles. The van der Waals surface area contributed by atoms with E-state index in [2.05, 4.69) is 20.4 Å². The number of nitrogens with zero attached hydrogens (tertiary/aromatic N) is 5. The Bertz CT molecular complexity index is 682. The normalized spacial score (nSPS) is 10.3. The highest BCUT2D eigenvalue weighted by Gasteiger charge is 2.25. The molecule has 0 bridgehead atoms. The lowest BCUT2D eigenvalue weighted by Crippen LogP contribution is -2.14. The molecule has 10 nitrogen and oxygen atoms in total. The number of nitrogens with one attached hydrogen (secondary N) is 1. The second-order valence-electron chi connectivity index (χ2n) is 4.09. The second-order valence-corrected chi connectivity index (χ2v) is 4.09. The van der Waals surface area contributed by atoms with Gasteiger partial charge >= 0.3 is 5.69 Å². The molecule has 0 spiro atoms. The summed E-state index contributed by atoms with van der Waals surface area (Å²) in [5, 5.41) is 18.0. The van der Waals surface area contributed by atoms with Crippen molar-refractivity contribution in [2.75, 3.05) is 11.9 Å². The summed E-state index contributed by atoms with van der Waals surface area (Å²) in [4.78, 5) is 29.5. The topological polar surface area (TPSA) is 142 Å². The van der Waals surface area contributed by atoms with Crippen molar-refractivity contribution in [2.24, 2.45) is 5.73 Å². The van der Waals surface area contributed by atoms with Crippen molar-refractivity contribution < 1.29 is 9.72 Å². The van der Waals surface area contributed by atoms with Crippen LogP contribution in [0.2, 0.25) is 0 Å². The third-order valence-electron chi connectivity index (χ3n) is 2.59. The molecule has 0 aliphatic rings. The van der Waals surface area contributed by atoms with Gasteiger partial charge in [0.05, 0.1) is 4.92 Å². The first-order valence-corrected chi connectivity index (χ1v) is 6.13. The van der Waals surface area contributed by atoms with E-state index < -0.39 is 10.8 Å². The lowest BCUT2D eigenvalue weighted by atomic mass is 10.4. The number of anilines is 1. The van der Waals surface area contributed by atoms with Gasteiger partial charge in [0.2, 0.25) is 11.6 Å². The third kappa shape index (κ3) is 2.94. The van der Waals surface area contributed by atoms with Gasteiger partial charge in [-0.1, -0.05) is 6.92 Å². The fourth-order valence-corrected chi connectivity index (χ4v) is 1.65. The predicted molar refractivity (Wildman–Crippen MR) is 73.1 cm³/mol. The largest absolute Gasteiger partial charge is 0.364 e. The summed E-state index contributed by atoms with van der Waals surface area (Å²) < 4.78 is 1.12. The molecule has 0 aliphatic carbocycles. The molecule has 21 heavy (non-hydrogen) atoms. The molecule has 1 amide bonds. The molecule has 10 heteroatoms. The number of nitro groups is 1. The molecular formula is C11H13N7O3. The van der Waals surface area contributed by atoms with Crippen LogP contribution in [0.5, 0.6) is 0 Å². The maximum atomic E-state index is 11.3. The molecule has 2 rings (SSSR count). The van der Waals surface area contributed by atoms with Crippen molar-refractivity contribution in [1.82, 2.24) is 19.7 Å². The Kier molecular flexibility index (Phi) is 4.07. The van der Waals surface area contributed by atoms with Gasteiger partial charge in [-0.05, 0) is 12.5 Å². The Morgan fingerprint density at radius 3 is 2.86 bits per heavy atom. The summed E-state index contributed by atoms with van der Waals surface area (Å²) >= 11 is 0. The molecule has 0 unspecified atom stereocenters. The summed E-state index contributed by atoms with van der Waals surface area (Å²) in [5.41, 5.74) is 4.78. The SMILES string of the molecule is CCCNc1ncnc(-n2ccc(C(N)=O)n2)c1[N+](=O)[O-]. The highest BCUT2D eigenvalue weighted by Crippen LogP contribution is 2.27. The second kappa shape index (κ2) is 5.94. The average Bonchev–Trinajstić information content (AvgIpc) is 2.94. The summed E-state index contributed by atoms with van der Waals surface area (Å²) in [6, 6.07) is 1.35. The molecule has 0 saturated carbocycles. The van der Waals surface area contributed by atoms with E-state index in [1.807, 2.05) is 6.92 Å². The van der Waals surface area contributed by atoms with Gasteiger partial charge in [-0.3, -0.25) is 14.9 Å². The van der Waals surface area contributed by atoms with E-state index in [4.69, 9.17) is 5.73 Å². The fraction of sp³-hybridized carbons (Fsp3) is 0.273. The summed E-state index contributed by atoms with van der Waals surface area (Å²) in [5.74, 6) is -0.668. The van der Waals surface area contributed by atoms with Crippen LogP contribution >= 0.6 is 0 Å². The number of amides is 1. The van der Waals surface area contributed by atoms with Crippen LogP contribution < -0.4 is 11.1 Å². The lowest BCUT2D eigenvalue weighted by molar-refractivity contribution is -0.384. The molecule has 0 aromatic carbocycles.